The van der Waals surface area contributed by atoms with Crippen molar-refractivity contribution in [3.05, 3.63) is 69.4 Å². The first-order chi connectivity index (χ1) is 12.2. The standard InChI is InChI=1S/C24H26S2/c1-13(2)21-17(7)24(20-12-10-16(6)26-20)22(14(3)4)18(8)23(21)19-11-9-15(5)25-19/h9-12H,1,3H2,2,4-8H3. The monoisotopic (exact) mass is 378 g/mol. The van der Waals surface area contributed by atoms with Crippen molar-refractivity contribution < 1.29 is 0 Å². The molecule has 3 rings (SSSR count). The van der Waals surface area contributed by atoms with E-state index in [-0.39, 0.29) is 0 Å². The third kappa shape index (κ3) is 3.13. The van der Waals surface area contributed by atoms with Gasteiger partial charge in [0.15, 0.2) is 0 Å². The molecule has 0 fully saturated rings. The molecule has 0 atom stereocenters. The van der Waals surface area contributed by atoms with Crippen molar-refractivity contribution in [2.24, 2.45) is 0 Å². The van der Waals surface area contributed by atoms with E-state index in [0.717, 1.165) is 11.1 Å². The maximum Gasteiger partial charge on any atom is 0.0354 e. The van der Waals surface area contributed by atoms with E-state index in [9.17, 15) is 0 Å². The summed E-state index contributed by atoms with van der Waals surface area (Å²) in [6.07, 6.45) is 0. The summed E-state index contributed by atoms with van der Waals surface area (Å²) in [6, 6.07) is 8.89. The highest BCUT2D eigenvalue weighted by Gasteiger charge is 2.23. The molecule has 134 valence electrons. The summed E-state index contributed by atoms with van der Waals surface area (Å²) < 4.78 is 0. The van der Waals surface area contributed by atoms with Gasteiger partial charge in [0.05, 0.1) is 0 Å². The second-order valence-corrected chi connectivity index (χ2v) is 9.71. The lowest BCUT2D eigenvalue weighted by Gasteiger charge is -2.23. The number of hydrogen-bond donors (Lipinski definition) is 0. The number of hydrogen-bond acceptors (Lipinski definition) is 2. The molecule has 26 heavy (non-hydrogen) atoms. The van der Waals surface area contributed by atoms with E-state index in [1.807, 2.05) is 22.7 Å². The molecule has 0 N–H and O–H groups in total. The highest BCUT2D eigenvalue weighted by atomic mass is 32.1. The third-order valence-electron chi connectivity index (χ3n) is 4.83. The van der Waals surface area contributed by atoms with Crippen molar-refractivity contribution in [2.75, 3.05) is 0 Å². The molecule has 0 spiro atoms. The van der Waals surface area contributed by atoms with Crippen LogP contribution in [0.3, 0.4) is 0 Å². The third-order valence-corrected chi connectivity index (χ3v) is 6.86. The van der Waals surface area contributed by atoms with Crippen LogP contribution in [0.2, 0.25) is 0 Å². The number of thiophene rings is 2. The topological polar surface area (TPSA) is 0 Å². The Labute approximate surface area is 165 Å². The fraction of sp³-hybridized carbons (Fsp3) is 0.250. The minimum atomic E-state index is 1.12. The maximum absolute atomic E-state index is 4.32. The molecule has 1 aromatic carbocycles. The second-order valence-electron chi connectivity index (χ2n) is 7.13. The van der Waals surface area contributed by atoms with E-state index in [0.29, 0.717) is 0 Å². The first-order valence-electron chi connectivity index (χ1n) is 8.84. The molecule has 0 aliphatic carbocycles. The first-order valence-corrected chi connectivity index (χ1v) is 10.5. The maximum atomic E-state index is 4.32. The minimum absolute atomic E-state index is 1.12. The van der Waals surface area contributed by atoms with Gasteiger partial charge < -0.3 is 0 Å². The molecule has 0 saturated heterocycles. The van der Waals surface area contributed by atoms with Crippen molar-refractivity contribution >= 4 is 33.8 Å². The number of rotatable bonds is 4. The van der Waals surface area contributed by atoms with E-state index < -0.39 is 0 Å². The molecule has 0 nitrogen and oxygen atoms in total. The predicted molar refractivity (Wildman–Crippen MR) is 121 cm³/mol. The van der Waals surface area contributed by atoms with Crippen LogP contribution in [0.1, 0.15) is 45.9 Å². The highest BCUT2D eigenvalue weighted by Crippen LogP contribution is 2.47. The molecule has 3 aromatic rings. The van der Waals surface area contributed by atoms with E-state index in [1.54, 1.807) is 0 Å². The fourth-order valence-corrected chi connectivity index (χ4v) is 5.77. The van der Waals surface area contributed by atoms with Gasteiger partial charge in [0.25, 0.3) is 0 Å². The Morgan fingerprint density at radius 2 is 1.00 bits per heavy atom. The van der Waals surface area contributed by atoms with E-state index in [1.165, 1.54) is 52.9 Å². The lowest BCUT2D eigenvalue weighted by Crippen LogP contribution is -2.02. The second kappa shape index (κ2) is 7.02. The quantitative estimate of drug-likeness (QED) is 0.427. The Morgan fingerprint density at radius 3 is 1.23 bits per heavy atom. The number of benzene rings is 1. The van der Waals surface area contributed by atoms with E-state index in [4.69, 9.17) is 0 Å². The van der Waals surface area contributed by atoms with Crippen molar-refractivity contribution in [1.82, 2.24) is 0 Å². The van der Waals surface area contributed by atoms with Crippen LogP contribution in [0.5, 0.6) is 0 Å². The first kappa shape index (κ1) is 18.9. The van der Waals surface area contributed by atoms with Crippen LogP contribution in [0.4, 0.5) is 0 Å². The van der Waals surface area contributed by atoms with Crippen molar-refractivity contribution in [2.45, 2.75) is 41.5 Å². The summed E-state index contributed by atoms with van der Waals surface area (Å²) in [5.74, 6) is 0. The largest absolute Gasteiger partial charge is 0.141 e. The Balaban J connectivity index is 2.49. The minimum Gasteiger partial charge on any atom is -0.141 e. The number of allylic oxidation sites excluding steroid dienone is 2. The van der Waals surface area contributed by atoms with Crippen molar-refractivity contribution in [3.8, 4) is 20.9 Å². The highest BCUT2D eigenvalue weighted by molar-refractivity contribution is 7.15. The zero-order valence-corrected chi connectivity index (χ0v) is 18.2. The van der Waals surface area contributed by atoms with E-state index in [2.05, 4.69) is 79.0 Å². The van der Waals surface area contributed by atoms with Crippen molar-refractivity contribution in [3.63, 3.8) is 0 Å². The molecule has 2 heteroatoms. The van der Waals surface area contributed by atoms with Gasteiger partial charge >= 0.3 is 0 Å². The van der Waals surface area contributed by atoms with Crippen LogP contribution in [0.25, 0.3) is 32.0 Å². The molecule has 0 amide bonds. The smallest absolute Gasteiger partial charge is 0.0354 e. The van der Waals surface area contributed by atoms with Gasteiger partial charge in [0.1, 0.15) is 0 Å². The molecule has 2 heterocycles. The van der Waals surface area contributed by atoms with Crippen LogP contribution >= 0.6 is 22.7 Å². The number of aryl methyl sites for hydroxylation is 2. The van der Waals surface area contributed by atoms with Gasteiger partial charge in [-0.2, -0.15) is 0 Å². The lowest BCUT2D eigenvalue weighted by atomic mass is 9.82. The molecule has 0 bridgehead atoms. The summed E-state index contributed by atoms with van der Waals surface area (Å²) >= 11 is 3.71. The molecule has 0 unspecified atom stereocenters. The zero-order valence-electron chi connectivity index (χ0n) is 16.5. The Bertz CT molecular complexity index is 941. The summed E-state index contributed by atoms with van der Waals surface area (Å²) in [7, 11) is 0. The molecule has 2 aromatic heterocycles. The van der Waals surface area contributed by atoms with Gasteiger partial charge in [-0.25, -0.2) is 0 Å². The van der Waals surface area contributed by atoms with Crippen LogP contribution in [-0.2, 0) is 0 Å². The molecular weight excluding hydrogens is 352 g/mol. The zero-order chi connectivity index (χ0) is 19.2. The molecule has 0 saturated carbocycles. The van der Waals surface area contributed by atoms with E-state index >= 15 is 0 Å². The molecule has 0 aliphatic rings. The van der Waals surface area contributed by atoms with Crippen LogP contribution in [0, 0.1) is 27.7 Å². The van der Waals surface area contributed by atoms with Gasteiger partial charge in [-0.15, -0.1) is 22.7 Å². The average molecular weight is 379 g/mol. The lowest BCUT2D eigenvalue weighted by molar-refractivity contribution is 1.33. The summed E-state index contributed by atoms with van der Waals surface area (Å²) in [5.41, 5.74) is 10.1. The van der Waals surface area contributed by atoms with Gasteiger partial charge in [0, 0.05) is 30.6 Å². The van der Waals surface area contributed by atoms with Gasteiger partial charge in [0.2, 0.25) is 0 Å². The SMILES string of the molecule is C=C(C)c1c(C)c(-c2ccc(C)s2)c(C(=C)C)c(C)c1-c1ccc(C)s1. The van der Waals surface area contributed by atoms with Crippen LogP contribution in [0.15, 0.2) is 37.4 Å². The van der Waals surface area contributed by atoms with Gasteiger partial charge in [-0.05, 0) is 88.1 Å². The van der Waals surface area contributed by atoms with Crippen LogP contribution < -0.4 is 0 Å². The average Bonchev–Trinajstić information content (AvgIpc) is 3.16. The van der Waals surface area contributed by atoms with Crippen LogP contribution in [-0.4, -0.2) is 0 Å². The van der Waals surface area contributed by atoms with Crippen molar-refractivity contribution in [1.29, 1.82) is 0 Å². The molecule has 0 radical (unpaired) electrons. The normalized spacial score (nSPS) is 11.0. The van der Waals surface area contributed by atoms with Gasteiger partial charge in [-0.3, -0.25) is 0 Å². The summed E-state index contributed by atoms with van der Waals surface area (Å²) in [5, 5.41) is 0. The molecular formula is C24H26S2. The molecule has 0 aliphatic heterocycles. The predicted octanol–water partition coefficient (Wildman–Crippen LogP) is 8.44. The Hall–Kier alpha value is -1.90. The Kier molecular flexibility index (Phi) is 5.09. The fourth-order valence-electron chi connectivity index (χ4n) is 3.82. The Morgan fingerprint density at radius 1 is 0.654 bits per heavy atom. The summed E-state index contributed by atoms with van der Waals surface area (Å²) in [6.45, 7) is 21.7. The summed E-state index contributed by atoms with van der Waals surface area (Å²) in [4.78, 5) is 5.30. The van der Waals surface area contributed by atoms with Gasteiger partial charge in [-0.1, -0.05) is 24.3 Å².